The molecule has 0 amide bonds. The van der Waals surface area contributed by atoms with Crippen molar-refractivity contribution in [3.05, 3.63) is 217 Å². The van der Waals surface area contributed by atoms with Crippen LogP contribution in [-0.4, -0.2) is 35.2 Å². The molecule has 12 aromatic rings. The number of hydrogen-bond acceptors (Lipinski definition) is 3. The molecule has 0 saturated heterocycles. The van der Waals surface area contributed by atoms with Gasteiger partial charge in [0, 0.05) is 36.9 Å². The van der Waals surface area contributed by atoms with Crippen molar-refractivity contribution in [2.45, 2.75) is 78.8 Å². The van der Waals surface area contributed by atoms with Gasteiger partial charge < -0.3 is 13.6 Å². The summed E-state index contributed by atoms with van der Waals surface area (Å²) in [6.45, 7) is 23.8. The average Bonchev–Trinajstić information content (AvgIpc) is 4.15. The van der Waals surface area contributed by atoms with E-state index in [1.54, 1.807) is 0 Å². The minimum atomic E-state index is -1.59. The summed E-state index contributed by atoms with van der Waals surface area (Å²) in [4.78, 5) is 10.3. The molecule has 0 aliphatic heterocycles. The summed E-state index contributed by atoms with van der Waals surface area (Å²) >= 11 is 0. The molecule has 1 radical (unpaired) electrons. The summed E-state index contributed by atoms with van der Waals surface area (Å²) in [6, 6.07) is 75.6. The molecule has 3 heterocycles. The maximum Gasteiger partial charge on any atom is 0.120 e. The van der Waals surface area contributed by atoms with Crippen molar-refractivity contribution in [3.63, 3.8) is 0 Å². The first-order valence-corrected chi connectivity index (χ1v) is 33.4. The van der Waals surface area contributed by atoms with Crippen LogP contribution in [0.15, 0.2) is 199 Å². The summed E-state index contributed by atoms with van der Waals surface area (Å²) in [5, 5.41) is 5.17. The normalized spacial score (nSPS) is 11.9. The van der Waals surface area contributed by atoms with Gasteiger partial charge in [-0.1, -0.05) is 193 Å². The van der Waals surface area contributed by atoms with E-state index in [2.05, 4.69) is 252 Å². The van der Waals surface area contributed by atoms with E-state index < -0.39 is 16.1 Å². The standard InChI is InChI=1S/C43H35N2O.C25H29N2Si2.Ir/c1-27(2)36-25-32(31-23-21-30(22-24-31)29-13-6-5-7-14-29)26-37(28(3)4)41(36)45-39-19-10-9-18-38(39)44-43(45)35-17-12-16-34-33-15-8-11-20-40(33)46-42(34)35;1-28(2,3)22-17-12-18-23(29(4,5)6)24(22)27-21-16-11-10-15-20(21)26-25(27)19-13-8-7-9-14-19;/h5-16,18-28H,1-4H3;7-13,15-18H,1-6H3;/q2*-1;. The van der Waals surface area contributed by atoms with E-state index in [1.165, 1.54) is 60.6 Å². The van der Waals surface area contributed by atoms with E-state index in [0.717, 1.165) is 61.3 Å². The maximum absolute atomic E-state index is 6.51. The fraction of sp³-hybridized carbons (Fsp3) is 0.176. The van der Waals surface area contributed by atoms with Gasteiger partial charge in [0.2, 0.25) is 0 Å². The van der Waals surface area contributed by atoms with Gasteiger partial charge in [0.25, 0.3) is 0 Å². The Labute approximate surface area is 463 Å². The smallest absolute Gasteiger partial charge is 0.120 e. The zero-order valence-electron chi connectivity index (χ0n) is 45.2. The molecule has 5 nitrogen and oxygen atoms in total. The topological polar surface area (TPSA) is 48.8 Å². The average molecular weight is 1200 g/mol. The first-order chi connectivity index (χ1) is 36.2. The first-order valence-electron chi connectivity index (χ1n) is 26.4. The van der Waals surface area contributed by atoms with Gasteiger partial charge in [-0.2, -0.15) is 0 Å². The summed E-state index contributed by atoms with van der Waals surface area (Å²) in [6.07, 6.45) is 0. The van der Waals surface area contributed by atoms with Gasteiger partial charge in [-0.05, 0) is 98.1 Å². The van der Waals surface area contributed by atoms with Crippen molar-refractivity contribution in [1.29, 1.82) is 0 Å². The molecule has 8 heteroatoms. The van der Waals surface area contributed by atoms with Gasteiger partial charge in [-0.3, -0.25) is 9.97 Å². The Morgan fingerprint density at radius 1 is 0.447 bits per heavy atom. The molecule has 0 bridgehead atoms. The third-order valence-electron chi connectivity index (χ3n) is 14.5. The molecule has 76 heavy (non-hydrogen) atoms. The Kier molecular flexibility index (Phi) is 14.5. The summed E-state index contributed by atoms with van der Waals surface area (Å²) in [7, 11) is -3.18. The second kappa shape index (κ2) is 21.1. The first kappa shape index (κ1) is 52.3. The zero-order valence-corrected chi connectivity index (χ0v) is 49.6. The molecule has 381 valence electrons. The van der Waals surface area contributed by atoms with Crippen LogP contribution < -0.4 is 10.4 Å². The Morgan fingerprint density at radius 3 is 1.54 bits per heavy atom. The van der Waals surface area contributed by atoms with Gasteiger partial charge in [0.15, 0.2) is 0 Å². The summed E-state index contributed by atoms with van der Waals surface area (Å²) < 4.78 is 11.3. The van der Waals surface area contributed by atoms with E-state index in [-0.39, 0.29) is 31.9 Å². The van der Waals surface area contributed by atoms with Crippen molar-refractivity contribution < 1.29 is 24.5 Å². The number of nitrogens with zero attached hydrogens (tertiary/aromatic N) is 4. The van der Waals surface area contributed by atoms with Crippen molar-refractivity contribution in [2.24, 2.45) is 0 Å². The van der Waals surface area contributed by atoms with Crippen LogP contribution in [0.1, 0.15) is 50.7 Å². The second-order valence-corrected chi connectivity index (χ2v) is 32.5. The van der Waals surface area contributed by atoms with Gasteiger partial charge in [0.1, 0.15) is 5.58 Å². The van der Waals surface area contributed by atoms with Crippen LogP contribution in [0.5, 0.6) is 0 Å². The molecule has 0 N–H and O–H groups in total. The van der Waals surface area contributed by atoms with E-state index >= 15 is 0 Å². The Hall–Kier alpha value is -7.20. The van der Waals surface area contributed by atoms with Crippen molar-refractivity contribution in [2.75, 3.05) is 0 Å². The molecular weight excluding hydrogens is 1140 g/mol. The van der Waals surface area contributed by atoms with E-state index in [0.29, 0.717) is 0 Å². The summed E-state index contributed by atoms with van der Waals surface area (Å²) in [5.41, 5.74) is 17.8. The number of aromatic nitrogens is 4. The fourth-order valence-electron chi connectivity index (χ4n) is 10.7. The number of para-hydroxylation sites is 6. The molecular formula is C68H64IrN4OSi2-2. The molecule has 0 saturated carbocycles. The Bertz CT molecular complexity index is 3960. The quantitative estimate of drug-likeness (QED) is 0.101. The predicted molar refractivity (Wildman–Crippen MR) is 323 cm³/mol. The molecule has 12 rings (SSSR count). The monoisotopic (exact) mass is 1200 g/mol. The molecule has 0 unspecified atom stereocenters. The number of fused-ring (bicyclic) bond motifs is 5. The molecule has 9 aromatic carbocycles. The van der Waals surface area contributed by atoms with Crippen LogP contribution in [0, 0.1) is 12.1 Å². The van der Waals surface area contributed by atoms with Crippen molar-refractivity contribution >= 4 is 70.5 Å². The van der Waals surface area contributed by atoms with Gasteiger partial charge in [-0.15, -0.1) is 54.1 Å². The largest absolute Gasteiger partial charge is 0.501 e. The minimum Gasteiger partial charge on any atom is -0.501 e. The third kappa shape index (κ3) is 9.80. The van der Waals surface area contributed by atoms with Crippen LogP contribution in [0.25, 0.3) is 100 Å². The van der Waals surface area contributed by atoms with E-state index in [4.69, 9.17) is 14.4 Å². The van der Waals surface area contributed by atoms with Crippen molar-refractivity contribution in [1.82, 2.24) is 19.1 Å². The van der Waals surface area contributed by atoms with E-state index in [1.807, 2.05) is 30.3 Å². The van der Waals surface area contributed by atoms with Crippen LogP contribution in [0.2, 0.25) is 39.3 Å². The predicted octanol–water partition coefficient (Wildman–Crippen LogP) is 17.6. The van der Waals surface area contributed by atoms with Gasteiger partial charge in [-0.25, -0.2) is 0 Å². The molecule has 0 fully saturated rings. The van der Waals surface area contributed by atoms with Gasteiger partial charge in [0.05, 0.1) is 55.4 Å². The molecule has 3 aromatic heterocycles. The SMILES string of the molecule is CC(C)c1cc(-c2ccc(-c3ccccc3)cc2)cc(C(C)C)c1-n1c(-c2[c-]ccc3c2oc2ccccc23)nc2ccccc21.C[Si](C)(C)c1cccc([Si](C)(C)C)c1-n1c(-c2[c-]cccc2)nc2ccccc21.[Ir]. The number of imidazole rings is 2. The fourth-order valence-corrected chi connectivity index (χ4v) is 13.9. The Morgan fingerprint density at radius 2 is 0.961 bits per heavy atom. The third-order valence-corrected chi connectivity index (χ3v) is 18.5. The van der Waals surface area contributed by atoms with E-state index in [9.17, 15) is 0 Å². The number of furan rings is 1. The number of rotatable bonds is 10. The van der Waals surface area contributed by atoms with Crippen LogP contribution in [0.3, 0.4) is 0 Å². The molecule has 0 atom stereocenters. The molecule has 0 aliphatic rings. The second-order valence-electron chi connectivity index (χ2n) is 22.4. The molecule has 0 spiro atoms. The number of hydrogen-bond donors (Lipinski definition) is 0. The molecule has 0 aliphatic carbocycles. The minimum absolute atomic E-state index is 0. The number of benzene rings is 9. The van der Waals surface area contributed by atoms with Crippen LogP contribution in [0.4, 0.5) is 0 Å². The van der Waals surface area contributed by atoms with Gasteiger partial charge >= 0.3 is 0 Å². The zero-order chi connectivity index (χ0) is 52.2. The Balaban J connectivity index is 0.000000189. The van der Waals surface area contributed by atoms with Crippen LogP contribution in [-0.2, 0) is 20.1 Å². The maximum atomic E-state index is 6.51. The van der Waals surface area contributed by atoms with Crippen molar-refractivity contribution in [3.8, 4) is 56.4 Å². The summed E-state index contributed by atoms with van der Waals surface area (Å²) in [5.74, 6) is 2.37. The van der Waals surface area contributed by atoms with Crippen LogP contribution >= 0.6 is 0 Å².